The van der Waals surface area contributed by atoms with Gasteiger partial charge in [0, 0.05) is 61.6 Å². The van der Waals surface area contributed by atoms with Gasteiger partial charge in [-0.15, -0.1) is 0 Å². The Morgan fingerprint density at radius 3 is 2.25 bits per heavy atom. The molecule has 1 saturated carbocycles. The van der Waals surface area contributed by atoms with E-state index < -0.39 is 0 Å². The highest BCUT2D eigenvalue weighted by Crippen LogP contribution is 2.31. The monoisotopic (exact) mass is 478 g/mol. The molecule has 0 bridgehead atoms. The summed E-state index contributed by atoms with van der Waals surface area (Å²) in [4.78, 5) is 27.4. The van der Waals surface area contributed by atoms with E-state index in [4.69, 9.17) is 0 Å². The summed E-state index contributed by atoms with van der Waals surface area (Å²) in [5.41, 5.74) is 5.89. The fraction of sp³-hybridized carbons (Fsp3) is 0.300. The molecule has 0 spiro atoms. The van der Waals surface area contributed by atoms with Crippen molar-refractivity contribution >= 4 is 28.2 Å². The number of ketones is 2. The van der Waals surface area contributed by atoms with Crippen LogP contribution in [0.3, 0.4) is 0 Å². The summed E-state index contributed by atoms with van der Waals surface area (Å²) in [7, 11) is 0. The minimum Gasteiger partial charge on any atom is -0.369 e. The Morgan fingerprint density at radius 2 is 1.53 bits per heavy atom. The van der Waals surface area contributed by atoms with Crippen LogP contribution in [0.5, 0.6) is 0 Å². The van der Waals surface area contributed by atoms with E-state index in [-0.39, 0.29) is 11.7 Å². The summed E-state index contributed by atoms with van der Waals surface area (Å²) in [6.45, 7) is 3.97. The van der Waals surface area contributed by atoms with Crippen molar-refractivity contribution in [1.82, 2.24) is 15.1 Å². The number of rotatable bonds is 8. The highest BCUT2D eigenvalue weighted by atomic mass is 16.1. The van der Waals surface area contributed by atoms with Crippen molar-refractivity contribution < 1.29 is 9.59 Å². The second-order valence-corrected chi connectivity index (χ2v) is 9.92. The molecule has 182 valence electrons. The molecule has 0 radical (unpaired) electrons. The van der Waals surface area contributed by atoms with Crippen molar-refractivity contribution in [3.8, 4) is 5.69 Å². The van der Waals surface area contributed by atoms with Crippen LogP contribution < -0.4 is 10.2 Å². The van der Waals surface area contributed by atoms with E-state index in [0.717, 1.165) is 72.3 Å². The number of carbonyl (C=O) groups excluding carboxylic acids is 2. The maximum absolute atomic E-state index is 13.0. The lowest BCUT2D eigenvalue weighted by atomic mass is 10.0. The van der Waals surface area contributed by atoms with E-state index in [1.165, 1.54) is 5.69 Å². The molecule has 0 amide bonds. The van der Waals surface area contributed by atoms with Gasteiger partial charge in [0.05, 0.1) is 17.4 Å². The number of benzene rings is 3. The van der Waals surface area contributed by atoms with Crippen LogP contribution in [-0.4, -0.2) is 47.5 Å². The summed E-state index contributed by atoms with van der Waals surface area (Å²) in [6, 6.07) is 22.2. The molecule has 1 saturated heterocycles. The molecule has 1 aliphatic heterocycles. The summed E-state index contributed by atoms with van der Waals surface area (Å²) in [5, 5.41) is 8.95. The van der Waals surface area contributed by atoms with Gasteiger partial charge in [0.15, 0.2) is 5.78 Å². The first-order chi connectivity index (χ1) is 17.6. The molecular formula is C30H30N4O2. The third kappa shape index (κ3) is 4.82. The summed E-state index contributed by atoms with van der Waals surface area (Å²) < 4.78 is 1.91. The molecule has 36 heavy (non-hydrogen) atoms. The first-order valence-electron chi connectivity index (χ1n) is 12.8. The van der Waals surface area contributed by atoms with E-state index in [0.29, 0.717) is 18.6 Å². The molecule has 1 N–H and O–H groups in total. The predicted octanol–water partition coefficient (Wildman–Crippen LogP) is 4.38. The number of Topliss-reactive ketones (excluding diaryl/α,β-unsaturated/α-hetero) is 2. The lowest BCUT2D eigenvalue weighted by Gasteiger charge is -2.29. The normalized spacial score (nSPS) is 15.8. The molecule has 3 aromatic carbocycles. The minimum atomic E-state index is 0.116. The number of hydrogen-bond acceptors (Lipinski definition) is 5. The molecule has 0 unspecified atom stereocenters. The Hall–Kier alpha value is -3.77. The van der Waals surface area contributed by atoms with E-state index in [9.17, 15) is 9.59 Å². The largest absolute Gasteiger partial charge is 0.369 e. The van der Waals surface area contributed by atoms with Crippen molar-refractivity contribution in [3.05, 3.63) is 89.6 Å². The fourth-order valence-corrected chi connectivity index (χ4v) is 4.97. The maximum atomic E-state index is 13.0. The first kappa shape index (κ1) is 22.7. The SMILES string of the molecule is O=C(Cc1ccc2c(cnn2-c2ccc(CC(=O)C3CC3)cc2)c1)c1ccc(N2CCNCC2)cc1. The Balaban J connectivity index is 1.14. The summed E-state index contributed by atoms with van der Waals surface area (Å²) >= 11 is 0. The zero-order valence-corrected chi connectivity index (χ0v) is 20.3. The Bertz CT molecular complexity index is 1400. The van der Waals surface area contributed by atoms with Crippen LogP contribution >= 0.6 is 0 Å². The van der Waals surface area contributed by atoms with Crippen molar-refractivity contribution in [2.75, 3.05) is 31.1 Å². The number of nitrogens with one attached hydrogen (secondary N) is 1. The van der Waals surface area contributed by atoms with Crippen LogP contribution in [0, 0.1) is 5.92 Å². The number of fused-ring (bicyclic) bond motifs is 1. The molecule has 2 aliphatic rings. The lowest BCUT2D eigenvalue weighted by molar-refractivity contribution is -0.119. The minimum absolute atomic E-state index is 0.116. The zero-order chi connectivity index (χ0) is 24.5. The van der Waals surface area contributed by atoms with Crippen LogP contribution in [0.25, 0.3) is 16.6 Å². The van der Waals surface area contributed by atoms with Gasteiger partial charge in [-0.1, -0.05) is 18.2 Å². The molecule has 6 nitrogen and oxygen atoms in total. The van der Waals surface area contributed by atoms with Gasteiger partial charge in [-0.2, -0.15) is 5.10 Å². The van der Waals surface area contributed by atoms with Crippen molar-refractivity contribution in [2.24, 2.45) is 5.92 Å². The van der Waals surface area contributed by atoms with Crippen LogP contribution in [0.15, 0.2) is 72.9 Å². The van der Waals surface area contributed by atoms with E-state index >= 15 is 0 Å². The molecule has 2 heterocycles. The van der Waals surface area contributed by atoms with Crippen molar-refractivity contribution in [2.45, 2.75) is 25.7 Å². The van der Waals surface area contributed by atoms with Crippen LogP contribution in [0.2, 0.25) is 0 Å². The standard InChI is InChI=1S/C30H30N4O2/c35-29(23-4-5-23)18-21-1-8-27(9-2-21)34-28-12-3-22(17-25(28)20-32-34)19-30(36)24-6-10-26(11-7-24)33-15-13-31-14-16-33/h1-3,6-12,17,20,23,31H,4-5,13-16,18-19H2. The van der Waals surface area contributed by atoms with Crippen LogP contribution in [0.1, 0.15) is 34.3 Å². The Kier molecular flexibility index (Phi) is 6.11. The third-order valence-corrected chi connectivity index (χ3v) is 7.26. The lowest BCUT2D eigenvalue weighted by Crippen LogP contribution is -2.43. The molecule has 0 atom stereocenters. The second-order valence-electron chi connectivity index (χ2n) is 9.92. The topological polar surface area (TPSA) is 67.2 Å². The third-order valence-electron chi connectivity index (χ3n) is 7.26. The molecule has 6 heteroatoms. The average Bonchev–Trinajstić information content (AvgIpc) is 3.70. The molecule has 2 fully saturated rings. The van der Waals surface area contributed by atoms with E-state index in [2.05, 4.69) is 33.5 Å². The average molecular weight is 479 g/mol. The number of piperazine rings is 1. The smallest absolute Gasteiger partial charge is 0.167 e. The quantitative estimate of drug-likeness (QED) is 0.381. The van der Waals surface area contributed by atoms with Gasteiger partial charge in [-0.25, -0.2) is 4.68 Å². The molecule has 1 aliphatic carbocycles. The molecule has 1 aromatic heterocycles. The Labute approximate surface area is 210 Å². The molecule has 4 aromatic rings. The summed E-state index contributed by atoms with van der Waals surface area (Å²) in [6.07, 6.45) is 4.81. The molecular weight excluding hydrogens is 448 g/mol. The predicted molar refractivity (Wildman–Crippen MR) is 142 cm³/mol. The molecule has 6 rings (SSSR count). The summed E-state index contributed by atoms with van der Waals surface area (Å²) in [5.74, 6) is 0.757. The number of hydrogen-bond donors (Lipinski definition) is 1. The fourth-order valence-electron chi connectivity index (χ4n) is 4.97. The first-order valence-corrected chi connectivity index (χ1v) is 12.8. The van der Waals surface area contributed by atoms with Gasteiger partial charge in [-0.3, -0.25) is 9.59 Å². The number of anilines is 1. The van der Waals surface area contributed by atoms with Gasteiger partial charge < -0.3 is 10.2 Å². The van der Waals surface area contributed by atoms with Gasteiger partial charge in [0.1, 0.15) is 5.78 Å². The van der Waals surface area contributed by atoms with Crippen LogP contribution in [0.4, 0.5) is 5.69 Å². The zero-order valence-electron chi connectivity index (χ0n) is 20.3. The maximum Gasteiger partial charge on any atom is 0.167 e. The highest BCUT2D eigenvalue weighted by molar-refractivity contribution is 5.98. The second kappa shape index (κ2) is 9.70. The number of nitrogens with zero attached hydrogens (tertiary/aromatic N) is 3. The van der Waals surface area contributed by atoms with Gasteiger partial charge in [0.25, 0.3) is 0 Å². The van der Waals surface area contributed by atoms with Gasteiger partial charge >= 0.3 is 0 Å². The van der Waals surface area contributed by atoms with Crippen molar-refractivity contribution in [3.63, 3.8) is 0 Å². The van der Waals surface area contributed by atoms with E-state index in [1.54, 1.807) is 0 Å². The van der Waals surface area contributed by atoms with Crippen LogP contribution in [-0.2, 0) is 17.6 Å². The van der Waals surface area contributed by atoms with E-state index in [1.807, 2.05) is 59.4 Å². The highest BCUT2D eigenvalue weighted by Gasteiger charge is 2.29. The van der Waals surface area contributed by atoms with Gasteiger partial charge in [-0.05, 0) is 72.5 Å². The number of aromatic nitrogens is 2. The van der Waals surface area contributed by atoms with Crippen molar-refractivity contribution in [1.29, 1.82) is 0 Å². The number of carbonyl (C=O) groups is 2. The Morgan fingerprint density at radius 1 is 0.833 bits per heavy atom. The van der Waals surface area contributed by atoms with Gasteiger partial charge in [0.2, 0.25) is 0 Å².